The van der Waals surface area contributed by atoms with Crippen molar-refractivity contribution in [3.05, 3.63) is 15.9 Å². The Bertz CT molecular complexity index is 312. The van der Waals surface area contributed by atoms with Crippen LogP contribution in [0.15, 0.2) is 4.60 Å². The van der Waals surface area contributed by atoms with Crippen LogP contribution in [-0.2, 0) is 0 Å². The molecule has 0 amide bonds. The minimum absolute atomic E-state index is 0.137. The fraction of sp³-hybridized carbons (Fsp3) is 0.375. The van der Waals surface area contributed by atoms with E-state index >= 15 is 0 Å². The number of aromatic nitrogens is 1. The van der Waals surface area contributed by atoms with Crippen molar-refractivity contribution in [3.63, 3.8) is 0 Å². The Balaban J connectivity index is 3.40. The Labute approximate surface area is 79.5 Å². The van der Waals surface area contributed by atoms with Gasteiger partial charge in [0.25, 0.3) is 0 Å². The van der Waals surface area contributed by atoms with Gasteiger partial charge >= 0.3 is 0 Å². The first-order valence-electron chi connectivity index (χ1n) is 3.47. The lowest BCUT2D eigenvalue weighted by atomic mass is 10.2. The van der Waals surface area contributed by atoms with Gasteiger partial charge in [0, 0.05) is 5.56 Å². The van der Waals surface area contributed by atoms with E-state index in [1.165, 1.54) is 0 Å². The minimum atomic E-state index is 0.137. The summed E-state index contributed by atoms with van der Waals surface area (Å²) in [6.07, 6.45) is 0. The van der Waals surface area contributed by atoms with Crippen molar-refractivity contribution in [1.82, 2.24) is 4.98 Å². The minimum Gasteiger partial charge on any atom is -0.505 e. The number of hydrogen-bond donors (Lipinski definition) is 1. The summed E-state index contributed by atoms with van der Waals surface area (Å²) in [6, 6.07) is 0. The molecule has 0 aromatic carbocycles. The maximum Gasteiger partial charge on any atom is 0.155 e. The molecule has 0 bridgehead atoms. The molecular weight excluding hydrogens is 222 g/mol. The number of hydrogen-bond acceptors (Lipinski definition) is 3. The van der Waals surface area contributed by atoms with Gasteiger partial charge in [-0.3, -0.25) is 0 Å². The summed E-state index contributed by atoms with van der Waals surface area (Å²) in [6.45, 7) is 3.61. The van der Waals surface area contributed by atoms with Gasteiger partial charge in [-0.05, 0) is 29.8 Å². The molecule has 0 atom stereocenters. The fourth-order valence-corrected chi connectivity index (χ4v) is 1.65. The van der Waals surface area contributed by atoms with E-state index in [1.54, 1.807) is 14.0 Å². The second kappa shape index (κ2) is 3.31. The third-order valence-electron chi connectivity index (χ3n) is 1.69. The third kappa shape index (κ3) is 1.39. The zero-order chi connectivity index (χ0) is 9.30. The lowest BCUT2D eigenvalue weighted by Gasteiger charge is -2.09. The average Bonchev–Trinajstić information content (AvgIpc) is 2.01. The first kappa shape index (κ1) is 9.32. The third-order valence-corrected chi connectivity index (χ3v) is 2.24. The highest BCUT2D eigenvalue weighted by Crippen LogP contribution is 2.33. The molecule has 4 heteroatoms. The van der Waals surface area contributed by atoms with Gasteiger partial charge in [-0.25, -0.2) is 4.98 Å². The zero-order valence-electron chi connectivity index (χ0n) is 7.18. The quantitative estimate of drug-likeness (QED) is 0.754. The van der Waals surface area contributed by atoms with Crippen molar-refractivity contribution >= 4 is 15.9 Å². The molecule has 0 radical (unpaired) electrons. The highest BCUT2D eigenvalue weighted by atomic mass is 79.9. The number of rotatable bonds is 1. The Hall–Kier alpha value is -0.770. The van der Waals surface area contributed by atoms with E-state index in [-0.39, 0.29) is 5.75 Å². The maximum absolute atomic E-state index is 9.45. The molecule has 0 fully saturated rings. The van der Waals surface area contributed by atoms with Gasteiger partial charge in [-0.1, -0.05) is 0 Å². The summed E-state index contributed by atoms with van der Waals surface area (Å²) in [5, 5.41) is 9.45. The van der Waals surface area contributed by atoms with E-state index < -0.39 is 0 Å². The van der Waals surface area contributed by atoms with Crippen molar-refractivity contribution < 1.29 is 9.84 Å². The van der Waals surface area contributed by atoms with E-state index in [9.17, 15) is 5.11 Å². The molecular formula is C8H10BrNO2. The molecule has 1 N–H and O–H groups in total. The number of aryl methyl sites for hydroxylation is 1. The van der Waals surface area contributed by atoms with Crippen molar-refractivity contribution in [2.45, 2.75) is 13.8 Å². The van der Waals surface area contributed by atoms with Crippen molar-refractivity contribution in [2.75, 3.05) is 7.11 Å². The number of halogens is 1. The van der Waals surface area contributed by atoms with Gasteiger partial charge in [0.1, 0.15) is 10.4 Å². The van der Waals surface area contributed by atoms with E-state index in [0.29, 0.717) is 15.9 Å². The summed E-state index contributed by atoms with van der Waals surface area (Å²) < 4.78 is 5.52. The van der Waals surface area contributed by atoms with Gasteiger partial charge < -0.3 is 9.84 Å². The van der Waals surface area contributed by atoms with E-state index in [4.69, 9.17) is 4.74 Å². The van der Waals surface area contributed by atoms with Crippen LogP contribution in [0.4, 0.5) is 0 Å². The predicted octanol–water partition coefficient (Wildman–Crippen LogP) is 2.18. The second-order valence-electron chi connectivity index (χ2n) is 2.49. The van der Waals surface area contributed by atoms with Crippen molar-refractivity contribution in [1.29, 1.82) is 0 Å². The lowest BCUT2D eigenvalue weighted by Crippen LogP contribution is -1.95. The number of pyridine rings is 1. The normalized spacial score (nSPS) is 10.0. The van der Waals surface area contributed by atoms with Gasteiger partial charge in [-0.15, -0.1) is 0 Å². The zero-order valence-corrected chi connectivity index (χ0v) is 8.77. The Morgan fingerprint density at radius 3 is 2.50 bits per heavy atom. The molecule has 0 aliphatic carbocycles. The summed E-state index contributed by atoms with van der Waals surface area (Å²) in [5.41, 5.74) is 1.47. The largest absolute Gasteiger partial charge is 0.505 e. The topological polar surface area (TPSA) is 42.4 Å². The van der Waals surface area contributed by atoms with Gasteiger partial charge in [0.2, 0.25) is 0 Å². The van der Waals surface area contributed by atoms with E-state index in [0.717, 1.165) is 5.69 Å². The van der Waals surface area contributed by atoms with Crippen LogP contribution < -0.4 is 4.74 Å². The summed E-state index contributed by atoms with van der Waals surface area (Å²) in [5.74, 6) is 0.771. The average molecular weight is 232 g/mol. The number of methoxy groups -OCH3 is 1. The molecule has 1 aromatic rings. The molecule has 12 heavy (non-hydrogen) atoms. The highest BCUT2D eigenvalue weighted by molar-refractivity contribution is 9.10. The molecule has 0 saturated carbocycles. The van der Waals surface area contributed by atoms with Crippen LogP contribution in [0.5, 0.6) is 11.5 Å². The molecule has 0 saturated heterocycles. The van der Waals surface area contributed by atoms with Gasteiger partial charge in [0.15, 0.2) is 5.75 Å². The van der Waals surface area contributed by atoms with E-state index in [1.807, 2.05) is 6.92 Å². The molecule has 0 spiro atoms. The fourth-order valence-electron chi connectivity index (χ4n) is 1.09. The first-order valence-corrected chi connectivity index (χ1v) is 4.27. The van der Waals surface area contributed by atoms with Crippen molar-refractivity contribution in [2.24, 2.45) is 0 Å². The molecule has 0 unspecified atom stereocenters. The van der Waals surface area contributed by atoms with E-state index in [2.05, 4.69) is 20.9 Å². The van der Waals surface area contributed by atoms with Crippen LogP contribution in [0, 0.1) is 13.8 Å². The highest BCUT2D eigenvalue weighted by Gasteiger charge is 2.12. The molecule has 0 aliphatic rings. The van der Waals surface area contributed by atoms with Gasteiger partial charge in [-0.2, -0.15) is 0 Å². The number of aromatic hydroxyl groups is 1. The first-order chi connectivity index (χ1) is 5.57. The standard InChI is InChI=1S/C8H10BrNO2/c1-4-6(11)8(9)10-5(2)7(4)12-3/h11H,1-3H3. The molecule has 1 heterocycles. The monoisotopic (exact) mass is 231 g/mol. The van der Waals surface area contributed by atoms with Crippen LogP contribution in [0.3, 0.4) is 0 Å². The summed E-state index contributed by atoms with van der Waals surface area (Å²) >= 11 is 3.14. The SMILES string of the molecule is COc1c(C)nc(Br)c(O)c1C. The Kier molecular flexibility index (Phi) is 2.57. The Morgan fingerprint density at radius 1 is 1.42 bits per heavy atom. The summed E-state index contributed by atoms with van der Waals surface area (Å²) in [7, 11) is 1.56. The smallest absolute Gasteiger partial charge is 0.155 e. The summed E-state index contributed by atoms with van der Waals surface area (Å²) in [4.78, 5) is 4.05. The van der Waals surface area contributed by atoms with Crippen LogP contribution in [-0.4, -0.2) is 17.2 Å². The molecule has 66 valence electrons. The molecule has 1 rings (SSSR count). The molecule has 3 nitrogen and oxygen atoms in total. The molecule has 0 aliphatic heterocycles. The number of ether oxygens (including phenoxy) is 1. The van der Waals surface area contributed by atoms with Crippen LogP contribution in [0.25, 0.3) is 0 Å². The maximum atomic E-state index is 9.45. The van der Waals surface area contributed by atoms with Crippen LogP contribution in [0.2, 0.25) is 0 Å². The van der Waals surface area contributed by atoms with Gasteiger partial charge in [0.05, 0.1) is 12.8 Å². The Morgan fingerprint density at radius 2 is 2.00 bits per heavy atom. The lowest BCUT2D eigenvalue weighted by molar-refractivity contribution is 0.395. The second-order valence-corrected chi connectivity index (χ2v) is 3.25. The van der Waals surface area contributed by atoms with Crippen LogP contribution >= 0.6 is 15.9 Å². The van der Waals surface area contributed by atoms with Crippen molar-refractivity contribution in [3.8, 4) is 11.5 Å². The van der Waals surface area contributed by atoms with Crippen LogP contribution in [0.1, 0.15) is 11.3 Å². The molecule has 1 aromatic heterocycles. The number of nitrogens with zero attached hydrogens (tertiary/aromatic N) is 1. The predicted molar refractivity (Wildman–Crippen MR) is 49.6 cm³/mol.